The fourth-order valence-corrected chi connectivity index (χ4v) is 2.97. The van der Waals surface area contributed by atoms with Gasteiger partial charge in [-0.05, 0) is 32.6 Å². The number of hydrogen-bond donors (Lipinski definition) is 0. The second-order valence-electron chi connectivity index (χ2n) is 5.53. The number of rotatable bonds is 5. The highest BCUT2D eigenvalue weighted by atomic mass is 19.3. The highest BCUT2D eigenvalue weighted by Gasteiger charge is 2.34. The van der Waals surface area contributed by atoms with Crippen molar-refractivity contribution in [2.75, 3.05) is 6.61 Å². The van der Waals surface area contributed by atoms with E-state index in [1.807, 2.05) is 0 Å². The molecule has 1 aliphatic heterocycles. The van der Waals surface area contributed by atoms with E-state index in [4.69, 9.17) is 0 Å². The summed E-state index contributed by atoms with van der Waals surface area (Å²) in [7, 11) is 0. The molecule has 0 N–H and O–H groups in total. The predicted molar refractivity (Wildman–Crippen MR) is 65.2 cm³/mol. The molecule has 0 aromatic carbocycles. The molecule has 2 atom stereocenters. The van der Waals surface area contributed by atoms with Crippen molar-refractivity contribution in [3.05, 3.63) is 0 Å². The molecule has 1 aliphatic rings. The Morgan fingerprint density at radius 1 is 1.18 bits per heavy atom. The average molecular weight is 249 g/mol. The van der Waals surface area contributed by atoms with Gasteiger partial charge in [0, 0.05) is 18.1 Å². The Hall–Kier alpha value is -0.220. The summed E-state index contributed by atoms with van der Waals surface area (Å²) in [5.74, 6) is 0.562. The second-order valence-corrected chi connectivity index (χ2v) is 5.53. The number of alkyl halides is 2. The summed E-state index contributed by atoms with van der Waals surface area (Å²) < 4.78 is 28.8. The average Bonchev–Trinajstić information content (AvgIpc) is 2.25. The zero-order valence-electron chi connectivity index (χ0n) is 11.3. The minimum atomic E-state index is -2.65. The van der Waals surface area contributed by atoms with Crippen molar-refractivity contribution in [2.45, 2.75) is 71.7 Å². The fourth-order valence-electron chi connectivity index (χ4n) is 2.97. The van der Waals surface area contributed by atoms with Gasteiger partial charge in [-0.25, -0.2) is 0 Å². The lowest BCUT2D eigenvalue weighted by atomic mass is 9.88. The molecule has 102 valence electrons. The van der Waals surface area contributed by atoms with E-state index in [-0.39, 0.29) is 12.6 Å². The first kappa shape index (κ1) is 14.8. The maximum absolute atomic E-state index is 12.1. The van der Waals surface area contributed by atoms with E-state index in [0.29, 0.717) is 18.0 Å². The Morgan fingerprint density at radius 2 is 1.82 bits per heavy atom. The van der Waals surface area contributed by atoms with Crippen molar-refractivity contribution in [3.8, 4) is 0 Å². The van der Waals surface area contributed by atoms with Crippen LogP contribution in [0, 0.1) is 5.92 Å². The number of likely N-dealkylation sites (tertiary alicyclic amines) is 1. The van der Waals surface area contributed by atoms with Gasteiger partial charge in [0.05, 0.1) is 6.61 Å². The van der Waals surface area contributed by atoms with E-state index in [2.05, 4.69) is 37.3 Å². The largest absolute Gasteiger partial charge is 0.345 e. The van der Waals surface area contributed by atoms with Crippen LogP contribution in [0.3, 0.4) is 0 Å². The van der Waals surface area contributed by atoms with Crippen LogP contribution in [0.15, 0.2) is 0 Å². The van der Waals surface area contributed by atoms with Crippen molar-refractivity contribution in [3.63, 3.8) is 0 Å². The second kappa shape index (κ2) is 6.64. The molecule has 0 amide bonds. The van der Waals surface area contributed by atoms with Gasteiger partial charge in [0.25, 0.3) is 0 Å². The third-order valence-corrected chi connectivity index (χ3v) is 3.62. The molecular weight excluding hydrogens is 224 g/mol. The van der Waals surface area contributed by atoms with Crippen molar-refractivity contribution in [1.29, 1.82) is 0 Å². The molecule has 1 rings (SSSR count). The van der Waals surface area contributed by atoms with Crippen LogP contribution < -0.4 is 0 Å². The molecule has 2 nitrogen and oxygen atoms in total. The lowest BCUT2D eigenvalue weighted by molar-refractivity contribution is -0.150. The normalized spacial score (nSPS) is 27.4. The number of ether oxygens (including phenoxy) is 1. The van der Waals surface area contributed by atoms with Gasteiger partial charge in [0.2, 0.25) is 0 Å². The highest BCUT2D eigenvalue weighted by molar-refractivity contribution is 4.88. The monoisotopic (exact) mass is 249 g/mol. The molecule has 17 heavy (non-hydrogen) atoms. The quantitative estimate of drug-likeness (QED) is 0.739. The van der Waals surface area contributed by atoms with E-state index in [1.165, 1.54) is 6.42 Å². The van der Waals surface area contributed by atoms with Crippen LogP contribution >= 0.6 is 0 Å². The van der Waals surface area contributed by atoms with Gasteiger partial charge in [-0.3, -0.25) is 4.90 Å². The molecule has 0 aliphatic carbocycles. The van der Waals surface area contributed by atoms with Gasteiger partial charge in [0.1, 0.15) is 0 Å². The van der Waals surface area contributed by atoms with Gasteiger partial charge >= 0.3 is 6.61 Å². The molecule has 4 heteroatoms. The first-order valence-corrected chi connectivity index (χ1v) is 6.60. The molecule has 0 aromatic heterocycles. The topological polar surface area (TPSA) is 12.5 Å². The van der Waals surface area contributed by atoms with Crippen LogP contribution in [0.25, 0.3) is 0 Å². The molecule has 1 fully saturated rings. The van der Waals surface area contributed by atoms with Gasteiger partial charge in [-0.15, -0.1) is 0 Å². The third-order valence-electron chi connectivity index (χ3n) is 3.62. The summed E-state index contributed by atoms with van der Waals surface area (Å²) in [4.78, 5) is 2.37. The Balaban J connectivity index is 2.66. The SMILES string of the molecule is CC(C)C1CCCC(COC(F)F)N1C(C)C. The molecular formula is C13H25F2NO. The molecule has 0 radical (unpaired) electrons. The summed E-state index contributed by atoms with van der Waals surface area (Å²) in [6, 6.07) is 1.02. The lowest BCUT2D eigenvalue weighted by Crippen LogP contribution is -2.54. The molecule has 0 saturated carbocycles. The van der Waals surface area contributed by atoms with Gasteiger partial charge in [0.15, 0.2) is 0 Å². The summed E-state index contributed by atoms with van der Waals surface area (Å²) in [5, 5.41) is 0. The Labute approximate surface area is 103 Å². The number of nitrogens with zero attached hydrogens (tertiary/aromatic N) is 1. The van der Waals surface area contributed by atoms with Crippen LogP contribution in [0.2, 0.25) is 0 Å². The van der Waals surface area contributed by atoms with E-state index in [0.717, 1.165) is 12.8 Å². The summed E-state index contributed by atoms with van der Waals surface area (Å²) in [5.41, 5.74) is 0. The van der Waals surface area contributed by atoms with Gasteiger partial charge in [-0.1, -0.05) is 20.3 Å². The van der Waals surface area contributed by atoms with E-state index in [1.54, 1.807) is 0 Å². The number of piperidine rings is 1. The lowest BCUT2D eigenvalue weighted by Gasteiger charge is -2.46. The standard InChI is InChI=1S/C13H25F2NO/c1-9(2)12-7-5-6-11(8-17-13(14)15)16(12)10(3)4/h9-13H,5-8H2,1-4H3. The minimum Gasteiger partial charge on any atom is -0.321 e. The van der Waals surface area contributed by atoms with Crippen molar-refractivity contribution < 1.29 is 13.5 Å². The van der Waals surface area contributed by atoms with E-state index < -0.39 is 6.61 Å². The molecule has 1 heterocycles. The van der Waals surface area contributed by atoms with Crippen molar-refractivity contribution >= 4 is 0 Å². The van der Waals surface area contributed by atoms with Crippen LogP contribution in [0.5, 0.6) is 0 Å². The van der Waals surface area contributed by atoms with E-state index in [9.17, 15) is 8.78 Å². The van der Waals surface area contributed by atoms with Crippen molar-refractivity contribution in [1.82, 2.24) is 4.90 Å². The Bertz CT molecular complexity index is 221. The summed E-state index contributed by atoms with van der Waals surface area (Å²) >= 11 is 0. The molecule has 0 spiro atoms. The van der Waals surface area contributed by atoms with E-state index >= 15 is 0 Å². The molecule has 0 aromatic rings. The first-order chi connectivity index (χ1) is 7.93. The first-order valence-electron chi connectivity index (χ1n) is 6.60. The maximum atomic E-state index is 12.1. The highest BCUT2D eigenvalue weighted by Crippen LogP contribution is 2.30. The van der Waals surface area contributed by atoms with Crippen LogP contribution in [-0.2, 0) is 4.74 Å². The zero-order valence-corrected chi connectivity index (χ0v) is 11.3. The predicted octanol–water partition coefficient (Wildman–Crippen LogP) is 3.51. The molecule has 0 bridgehead atoms. The zero-order chi connectivity index (χ0) is 13.0. The van der Waals surface area contributed by atoms with Gasteiger partial charge < -0.3 is 4.74 Å². The Kier molecular flexibility index (Phi) is 5.80. The van der Waals surface area contributed by atoms with Crippen LogP contribution in [-0.4, -0.2) is 36.2 Å². The minimum absolute atomic E-state index is 0.144. The third kappa shape index (κ3) is 4.18. The number of hydrogen-bond acceptors (Lipinski definition) is 2. The molecule has 2 unspecified atom stereocenters. The van der Waals surface area contributed by atoms with Gasteiger partial charge in [-0.2, -0.15) is 8.78 Å². The fraction of sp³-hybridized carbons (Fsp3) is 1.00. The number of halogens is 2. The smallest absolute Gasteiger partial charge is 0.321 e. The van der Waals surface area contributed by atoms with Crippen molar-refractivity contribution in [2.24, 2.45) is 5.92 Å². The van der Waals surface area contributed by atoms with Crippen LogP contribution in [0.1, 0.15) is 47.0 Å². The summed E-state index contributed by atoms with van der Waals surface area (Å²) in [6.45, 7) is 6.18. The van der Waals surface area contributed by atoms with Crippen LogP contribution in [0.4, 0.5) is 8.78 Å². The molecule has 1 saturated heterocycles. The Morgan fingerprint density at radius 3 is 2.29 bits per heavy atom. The summed E-state index contributed by atoms with van der Waals surface area (Å²) in [6.07, 6.45) is 3.25. The maximum Gasteiger partial charge on any atom is 0.345 e.